The molecule has 1 aliphatic rings. The van der Waals surface area contributed by atoms with Crippen molar-refractivity contribution < 1.29 is 27.9 Å². The quantitative estimate of drug-likeness (QED) is 0.735. The molecule has 8 heteroatoms. The number of alkyl halides is 3. The summed E-state index contributed by atoms with van der Waals surface area (Å²) in [5, 5.41) is 13.9. The van der Waals surface area contributed by atoms with Crippen LogP contribution in [0.1, 0.15) is 29.3 Å². The summed E-state index contributed by atoms with van der Waals surface area (Å²) in [6.45, 7) is 1.11. The maximum atomic E-state index is 13.0. The normalized spacial score (nSPS) is 20.0. The Hall–Kier alpha value is -2.35. The van der Waals surface area contributed by atoms with Gasteiger partial charge in [-0.15, -0.1) is 0 Å². The van der Waals surface area contributed by atoms with Gasteiger partial charge in [-0.05, 0) is 24.6 Å². The first-order valence-electron chi connectivity index (χ1n) is 7.29. The van der Waals surface area contributed by atoms with E-state index < -0.39 is 23.6 Å². The average Bonchev–Trinajstić information content (AvgIpc) is 2.93. The number of carbonyl (C=O) groups excluding carboxylic acids is 2. The molecule has 24 heavy (non-hydrogen) atoms. The second kappa shape index (κ2) is 7.04. The highest BCUT2D eigenvalue weighted by molar-refractivity contribution is 5.97. The molecule has 3 N–H and O–H groups in total. The maximum absolute atomic E-state index is 13.0. The van der Waals surface area contributed by atoms with Gasteiger partial charge in [0.05, 0.1) is 5.56 Å². The molecule has 0 aromatic heterocycles. The Balaban J connectivity index is 2.23. The van der Waals surface area contributed by atoms with E-state index in [-0.39, 0.29) is 29.8 Å². The highest BCUT2D eigenvalue weighted by atomic mass is 19.4. The number of nitrogens with one attached hydrogen (secondary N) is 2. The Morgan fingerprint density at radius 1 is 1.25 bits per heavy atom. The van der Waals surface area contributed by atoms with Crippen LogP contribution >= 0.6 is 0 Å². The standard InChI is InChI=1S/C16H17F3N2O3/c1-9(23)20-14-6-11(5-12(7-14)16(17,18)19)15(24)21-13-3-2-10(4-13)8-22/h2-3,5-7,10,13,22H,4,8H2,1H3,(H,20,23)(H,21,24)/t10-,13+/m0/s1. The van der Waals surface area contributed by atoms with Crippen LogP contribution in [0.25, 0.3) is 0 Å². The molecular formula is C16H17F3N2O3. The molecule has 5 nitrogen and oxygen atoms in total. The minimum Gasteiger partial charge on any atom is -0.396 e. The molecule has 0 saturated carbocycles. The molecule has 0 saturated heterocycles. The number of halogens is 3. The van der Waals surface area contributed by atoms with Crippen LogP contribution in [0.2, 0.25) is 0 Å². The first-order valence-corrected chi connectivity index (χ1v) is 7.29. The molecule has 0 fully saturated rings. The van der Waals surface area contributed by atoms with Crippen LogP contribution in [0.3, 0.4) is 0 Å². The molecule has 2 atom stereocenters. The number of carbonyl (C=O) groups is 2. The van der Waals surface area contributed by atoms with Crippen molar-refractivity contribution in [2.45, 2.75) is 25.6 Å². The van der Waals surface area contributed by atoms with Crippen LogP contribution in [0.4, 0.5) is 18.9 Å². The van der Waals surface area contributed by atoms with Gasteiger partial charge in [0.2, 0.25) is 5.91 Å². The number of aliphatic hydroxyl groups excluding tert-OH is 1. The molecule has 0 spiro atoms. The Bertz CT molecular complexity index is 671. The van der Waals surface area contributed by atoms with E-state index >= 15 is 0 Å². The van der Waals surface area contributed by atoms with E-state index in [9.17, 15) is 22.8 Å². The third kappa shape index (κ3) is 4.58. The number of hydrogen-bond acceptors (Lipinski definition) is 3. The summed E-state index contributed by atoms with van der Waals surface area (Å²) < 4.78 is 38.9. The summed E-state index contributed by atoms with van der Waals surface area (Å²) in [6.07, 6.45) is -0.709. The van der Waals surface area contributed by atoms with Crippen molar-refractivity contribution in [3.63, 3.8) is 0 Å². The van der Waals surface area contributed by atoms with Crippen LogP contribution in [0, 0.1) is 5.92 Å². The lowest BCUT2D eigenvalue weighted by Gasteiger charge is -2.15. The first kappa shape index (κ1) is 18.0. The van der Waals surface area contributed by atoms with Crippen molar-refractivity contribution in [1.82, 2.24) is 5.32 Å². The van der Waals surface area contributed by atoms with Gasteiger partial charge >= 0.3 is 6.18 Å². The zero-order valence-electron chi connectivity index (χ0n) is 12.9. The monoisotopic (exact) mass is 342 g/mol. The number of rotatable bonds is 4. The van der Waals surface area contributed by atoms with Crippen molar-refractivity contribution in [3.05, 3.63) is 41.5 Å². The van der Waals surface area contributed by atoms with Gasteiger partial charge in [0.25, 0.3) is 5.91 Å². The third-order valence-electron chi connectivity index (χ3n) is 3.57. The molecule has 0 radical (unpaired) electrons. The first-order chi connectivity index (χ1) is 11.2. The molecule has 0 aliphatic heterocycles. The molecule has 2 amide bonds. The molecule has 1 aromatic carbocycles. The lowest BCUT2D eigenvalue weighted by Crippen LogP contribution is -2.33. The van der Waals surface area contributed by atoms with Crippen molar-refractivity contribution >= 4 is 17.5 Å². The van der Waals surface area contributed by atoms with Crippen LogP contribution < -0.4 is 10.6 Å². The molecule has 130 valence electrons. The minimum atomic E-state index is -4.64. The van der Waals surface area contributed by atoms with Gasteiger partial charge in [0, 0.05) is 36.7 Å². The van der Waals surface area contributed by atoms with Crippen molar-refractivity contribution in [2.75, 3.05) is 11.9 Å². The third-order valence-corrected chi connectivity index (χ3v) is 3.57. The predicted octanol–water partition coefficient (Wildman–Crippen LogP) is 2.33. The summed E-state index contributed by atoms with van der Waals surface area (Å²) in [5.41, 5.74) is -1.32. The molecule has 0 bridgehead atoms. The SMILES string of the molecule is CC(=O)Nc1cc(C(=O)N[C@@H]2C=C[C@H](CO)C2)cc(C(F)(F)F)c1. The second-order valence-electron chi connectivity index (χ2n) is 5.62. The van der Waals surface area contributed by atoms with Crippen molar-refractivity contribution in [2.24, 2.45) is 5.92 Å². The highest BCUT2D eigenvalue weighted by Crippen LogP contribution is 2.32. The molecular weight excluding hydrogens is 325 g/mol. The fourth-order valence-electron chi connectivity index (χ4n) is 2.47. The number of hydrogen-bond donors (Lipinski definition) is 3. The molecule has 2 rings (SSSR count). The highest BCUT2D eigenvalue weighted by Gasteiger charge is 2.32. The smallest absolute Gasteiger partial charge is 0.396 e. The summed E-state index contributed by atoms with van der Waals surface area (Å²) in [6, 6.07) is 2.35. The zero-order valence-corrected chi connectivity index (χ0v) is 12.9. The van der Waals surface area contributed by atoms with E-state index in [1.807, 2.05) is 0 Å². The Morgan fingerprint density at radius 3 is 2.50 bits per heavy atom. The molecule has 1 aromatic rings. The van der Waals surface area contributed by atoms with Gasteiger partial charge in [-0.1, -0.05) is 12.2 Å². The summed E-state index contributed by atoms with van der Waals surface area (Å²) in [5.74, 6) is -1.29. The van der Waals surface area contributed by atoms with Gasteiger partial charge in [-0.3, -0.25) is 9.59 Å². The zero-order chi connectivity index (χ0) is 17.9. The fourth-order valence-corrected chi connectivity index (χ4v) is 2.47. The van der Waals surface area contributed by atoms with E-state index in [4.69, 9.17) is 5.11 Å². The Morgan fingerprint density at radius 2 is 1.96 bits per heavy atom. The van der Waals surface area contributed by atoms with Crippen LogP contribution in [0.15, 0.2) is 30.4 Å². The van der Waals surface area contributed by atoms with E-state index in [1.54, 1.807) is 12.2 Å². The topological polar surface area (TPSA) is 78.4 Å². The molecule has 1 aliphatic carbocycles. The summed E-state index contributed by atoms with van der Waals surface area (Å²) >= 11 is 0. The Kier molecular flexibility index (Phi) is 5.28. The van der Waals surface area contributed by atoms with E-state index in [0.717, 1.165) is 12.1 Å². The van der Waals surface area contributed by atoms with Crippen LogP contribution in [-0.2, 0) is 11.0 Å². The van der Waals surface area contributed by atoms with E-state index in [1.165, 1.54) is 13.0 Å². The van der Waals surface area contributed by atoms with Crippen molar-refractivity contribution in [1.29, 1.82) is 0 Å². The van der Waals surface area contributed by atoms with E-state index in [0.29, 0.717) is 6.42 Å². The number of benzene rings is 1. The lowest BCUT2D eigenvalue weighted by molar-refractivity contribution is -0.137. The second-order valence-corrected chi connectivity index (χ2v) is 5.62. The minimum absolute atomic E-state index is 0.0564. The van der Waals surface area contributed by atoms with Gasteiger partial charge in [0.1, 0.15) is 0 Å². The lowest BCUT2D eigenvalue weighted by atomic mass is 10.1. The fraction of sp³-hybridized carbons (Fsp3) is 0.375. The number of anilines is 1. The maximum Gasteiger partial charge on any atom is 0.416 e. The van der Waals surface area contributed by atoms with Gasteiger partial charge in [0.15, 0.2) is 0 Å². The van der Waals surface area contributed by atoms with Crippen LogP contribution in [0.5, 0.6) is 0 Å². The predicted molar refractivity (Wildman–Crippen MR) is 81.3 cm³/mol. The molecule has 0 unspecified atom stereocenters. The molecule has 0 heterocycles. The summed E-state index contributed by atoms with van der Waals surface area (Å²) in [4.78, 5) is 23.3. The van der Waals surface area contributed by atoms with Gasteiger partial charge in [-0.25, -0.2) is 0 Å². The largest absolute Gasteiger partial charge is 0.416 e. The number of aliphatic hydroxyl groups is 1. The average molecular weight is 342 g/mol. The van der Waals surface area contributed by atoms with Gasteiger partial charge < -0.3 is 15.7 Å². The van der Waals surface area contributed by atoms with Crippen LogP contribution in [-0.4, -0.2) is 29.6 Å². The Labute approximate surface area is 136 Å². The summed E-state index contributed by atoms with van der Waals surface area (Å²) in [7, 11) is 0. The van der Waals surface area contributed by atoms with E-state index in [2.05, 4.69) is 10.6 Å². The number of amides is 2. The van der Waals surface area contributed by atoms with Crippen molar-refractivity contribution in [3.8, 4) is 0 Å². The van der Waals surface area contributed by atoms with Gasteiger partial charge in [-0.2, -0.15) is 13.2 Å².